The van der Waals surface area contributed by atoms with Crippen molar-refractivity contribution in [3.8, 4) is 0 Å². The smallest absolute Gasteiger partial charge is 0.335 e. The second-order valence-electron chi connectivity index (χ2n) is 4.99. The van der Waals surface area contributed by atoms with E-state index in [4.69, 9.17) is 5.11 Å². The Morgan fingerprint density at radius 2 is 2.05 bits per heavy atom. The number of hydrogen-bond donors (Lipinski definition) is 2. The highest BCUT2D eigenvalue weighted by Crippen LogP contribution is 2.16. The van der Waals surface area contributed by atoms with Crippen LogP contribution in [0.1, 0.15) is 41.6 Å². The lowest BCUT2D eigenvalue weighted by Gasteiger charge is -2.07. The zero-order valence-electron chi connectivity index (χ0n) is 11.4. The summed E-state index contributed by atoms with van der Waals surface area (Å²) in [5.74, 6) is -0.977. The molecule has 0 radical (unpaired) electrons. The number of nitrogens with one attached hydrogen (secondary N) is 1. The van der Waals surface area contributed by atoms with Gasteiger partial charge in [0.05, 0.1) is 5.56 Å². The molecule has 0 aromatic heterocycles. The summed E-state index contributed by atoms with van der Waals surface area (Å²) < 4.78 is 0. The molecule has 20 heavy (non-hydrogen) atoms. The second-order valence-corrected chi connectivity index (χ2v) is 4.99. The highest BCUT2D eigenvalue weighted by molar-refractivity contribution is 5.89. The Hall–Kier alpha value is -2.10. The van der Waals surface area contributed by atoms with Gasteiger partial charge in [0.2, 0.25) is 5.91 Å². The highest BCUT2D eigenvalue weighted by atomic mass is 16.4. The van der Waals surface area contributed by atoms with Gasteiger partial charge in [-0.05, 0) is 37.3 Å². The van der Waals surface area contributed by atoms with Gasteiger partial charge in [-0.3, -0.25) is 4.79 Å². The molecule has 1 aromatic carbocycles. The number of aryl methyl sites for hydroxylation is 1. The molecule has 0 fully saturated rings. The van der Waals surface area contributed by atoms with Crippen LogP contribution in [0.2, 0.25) is 0 Å². The van der Waals surface area contributed by atoms with Crippen molar-refractivity contribution >= 4 is 11.9 Å². The Morgan fingerprint density at radius 3 is 2.75 bits per heavy atom. The maximum Gasteiger partial charge on any atom is 0.335 e. The Kier molecular flexibility index (Phi) is 4.93. The van der Waals surface area contributed by atoms with Crippen LogP contribution in [0.3, 0.4) is 0 Å². The third-order valence-electron chi connectivity index (χ3n) is 3.52. The first-order valence-corrected chi connectivity index (χ1v) is 6.92. The van der Waals surface area contributed by atoms with Crippen molar-refractivity contribution in [1.29, 1.82) is 0 Å². The number of carboxylic acid groups (broad SMARTS) is 1. The maximum atomic E-state index is 11.8. The number of carboxylic acids is 1. The summed E-state index contributed by atoms with van der Waals surface area (Å²) in [6, 6.07) is 6.82. The average Bonchev–Trinajstić information content (AvgIpc) is 2.96. The number of allylic oxidation sites excluding steroid dienone is 1. The molecule has 2 N–H and O–H groups in total. The molecule has 1 aromatic rings. The van der Waals surface area contributed by atoms with Gasteiger partial charge in [0, 0.05) is 13.0 Å². The van der Waals surface area contributed by atoms with E-state index in [0.717, 1.165) is 12.8 Å². The molecule has 1 aliphatic rings. The van der Waals surface area contributed by atoms with Gasteiger partial charge in [0.25, 0.3) is 0 Å². The molecule has 2 rings (SSSR count). The number of carbonyl (C=O) groups is 2. The normalized spacial score (nSPS) is 13.9. The van der Waals surface area contributed by atoms with Crippen molar-refractivity contribution in [2.75, 3.05) is 6.54 Å². The van der Waals surface area contributed by atoms with E-state index >= 15 is 0 Å². The molecule has 106 valence electrons. The van der Waals surface area contributed by atoms with Crippen LogP contribution in [0.25, 0.3) is 0 Å². The number of hydrogen-bond acceptors (Lipinski definition) is 2. The number of carbonyl (C=O) groups excluding carboxylic acids is 1. The van der Waals surface area contributed by atoms with Gasteiger partial charge in [0.1, 0.15) is 0 Å². The zero-order chi connectivity index (χ0) is 14.4. The molecule has 0 aliphatic heterocycles. The van der Waals surface area contributed by atoms with E-state index in [0.29, 0.717) is 24.9 Å². The van der Waals surface area contributed by atoms with E-state index in [2.05, 4.69) is 11.4 Å². The lowest BCUT2D eigenvalue weighted by atomic mass is 10.0. The summed E-state index contributed by atoms with van der Waals surface area (Å²) in [4.78, 5) is 22.8. The Bertz CT molecular complexity index is 534. The first-order chi connectivity index (χ1) is 9.66. The molecular weight excluding hydrogens is 254 g/mol. The van der Waals surface area contributed by atoms with Crippen molar-refractivity contribution in [1.82, 2.24) is 5.32 Å². The molecule has 0 saturated heterocycles. The van der Waals surface area contributed by atoms with Crippen LogP contribution in [-0.2, 0) is 11.2 Å². The molecular formula is C16H19NO3. The van der Waals surface area contributed by atoms with Gasteiger partial charge >= 0.3 is 5.97 Å². The van der Waals surface area contributed by atoms with Gasteiger partial charge in [-0.1, -0.05) is 29.8 Å². The van der Waals surface area contributed by atoms with Crippen molar-refractivity contribution in [2.45, 2.75) is 32.1 Å². The van der Waals surface area contributed by atoms with Gasteiger partial charge in [0.15, 0.2) is 0 Å². The SMILES string of the molecule is O=C(CCc1ccccc1C(=O)O)NCC1=CCCC1. The van der Waals surface area contributed by atoms with Crippen molar-refractivity contribution in [2.24, 2.45) is 0 Å². The predicted molar refractivity (Wildman–Crippen MR) is 76.7 cm³/mol. The third kappa shape index (κ3) is 3.95. The minimum Gasteiger partial charge on any atom is -0.478 e. The fourth-order valence-corrected chi connectivity index (χ4v) is 2.39. The largest absolute Gasteiger partial charge is 0.478 e. The minimum atomic E-state index is -0.947. The molecule has 0 unspecified atom stereocenters. The zero-order valence-corrected chi connectivity index (χ0v) is 11.4. The first kappa shape index (κ1) is 14.3. The summed E-state index contributed by atoms with van der Waals surface area (Å²) in [6.45, 7) is 0.624. The van der Waals surface area contributed by atoms with E-state index in [1.54, 1.807) is 24.3 Å². The fourth-order valence-electron chi connectivity index (χ4n) is 2.39. The summed E-state index contributed by atoms with van der Waals surface area (Å²) in [6.07, 6.45) is 6.31. The average molecular weight is 273 g/mol. The molecule has 0 bridgehead atoms. The molecule has 4 heteroatoms. The number of aromatic carboxylic acids is 1. The van der Waals surface area contributed by atoms with Gasteiger partial charge < -0.3 is 10.4 Å². The first-order valence-electron chi connectivity index (χ1n) is 6.92. The maximum absolute atomic E-state index is 11.8. The van der Waals surface area contributed by atoms with Crippen LogP contribution in [0.15, 0.2) is 35.9 Å². The number of amides is 1. The molecule has 0 saturated carbocycles. The topological polar surface area (TPSA) is 66.4 Å². The number of benzene rings is 1. The van der Waals surface area contributed by atoms with E-state index in [1.165, 1.54) is 12.0 Å². The predicted octanol–water partition coefficient (Wildman–Crippen LogP) is 2.54. The van der Waals surface area contributed by atoms with Crippen molar-refractivity contribution < 1.29 is 14.7 Å². The summed E-state index contributed by atoms with van der Waals surface area (Å²) >= 11 is 0. The summed E-state index contributed by atoms with van der Waals surface area (Å²) in [5.41, 5.74) is 2.28. The Morgan fingerprint density at radius 1 is 1.25 bits per heavy atom. The lowest BCUT2D eigenvalue weighted by Crippen LogP contribution is -2.25. The van der Waals surface area contributed by atoms with Crippen LogP contribution in [0.5, 0.6) is 0 Å². The Labute approximate surface area is 118 Å². The fraction of sp³-hybridized carbons (Fsp3) is 0.375. The van der Waals surface area contributed by atoms with Crippen LogP contribution in [0, 0.1) is 0 Å². The lowest BCUT2D eigenvalue weighted by molar-refractivity contribution is -0.120. The summed E-state index contributed by atoms with van der Waals surface area (Å²) in [7, 11) is 0. The van der Waals surface area contributed by atoms with Crippen molar-refractivity contribution in [3.05, 3.63) is 47.0 Å². The van der Waals surface area contributed by atoms with Gasteiger partial charge in [-0.25, -0.2) is 4.79 Å². The third-order valence-corrected chi connectivity index (χ3v) is 3.52. The molecule has 1 amide bonds. The second kappa shape index (κ2) is 6.89. The monoisotopic (exact) mass is 273 g/mol. The van der Waals surface area contributed by atoms with E-state index < -0.39 is 5.97 Å². The van der Waals surface area contributed by atoms with Crippen LogP contribution in [-0.4, -0.2) is 23.5 Å². The van der Waals surface area contributed by atoms with E-state index in [-0.39, 0.29) is 11.5 Å². The molecule has 1 aliphatic carbocycles. The molecule has 4 nitrogen and oxygen atoms in total. The molecule has 0 heterocycles. The van der Waals surface area contributed by atoms with Crippen molar-refractivity contribution in [3.63, 3.8) is 0 Å². The summed E-state index contributed by atoms with van der Waals surface area (Å²) in [5, 5.41) is 12.0. The molecule has 0 spiro atoms. The van der Waals surface area contributed by atoms with Gasteiger partial charge in [-0.15, -0.1) is 0 Å². The van der Waals surface area contributed by atoms with Gasteiger partial charge in [-0.2, -0.15) is 0 Å². The quantitative estimate of drug-likeness (QED) is 0.783. The standard InChI is InChI=1S/C16H19NO3/c18-15(17-11-12-5-1-2-6-12)10-9-13-7-3-4-8-14(13)16(19)20/h3-5,7-8H,1-2,6,9-11H2,(H,17,18)(H,19,20). The van der Waals surface area contributed by atoms with E-state index in [9.17, 15) is 9.59 Å². The molecule has 0 atom stereocenters. The Balaban J connectivity index is 1.82. The van der Waals surface area contributed by atoms with Crippen LogP contribution >= 0.6 is 0 Å². The van der Waals surface area contributed by atoms with E-state index in [1.807, 2.05) is 0 Å². The highest BCUT2D eigenvalue weighted by Gasteiger charge is 2.11. The van der Waals surface area contributed by atoms with Crippen LogP contribution < -0.4 is 5.32 Å². The number of rotatable bonds is 6. The minimum absolute atomic E-state index is 0.0296. The van der Waals surface area contributed by atoms with Crippen LogP contribution in [0.4, 0.5) is 0 Å².